The number of nitrogens with zero attached hydrogens (tertiary/aromatic N) is 2. The Kier molecular flexibility index (Phi) is 4.82. The van der Waals surface area contributed by atoms with Crippen LogP contribution < -0.4 is 5.32 Å². The first-order chi connectivity index (χ1) is 11.0. The molecule has 8 heteroatoms. The van der Waals surface area contributed by atoms with Crippen molar-refractivity contribution in [1.82, 2.24) is 9.88 Å². The van der Waals surface area contributed by atoms with Crippen molar-refractivity contribution in [1.29, 1.82) is 0 Å². The summed E-state index contributed by atoms with van der Waals surface area (Å²) in [4.78, 5) is 18.3. The second-order valence-corrected chi connectivity index (χ2v) is 8.22. The van der Waals surface area contributed by atoms with Crippen LogP contribution in [-0.4, -0.2) is 61.1 Å². The molecular weight excluding hydrogens is 318 g/mol. The van der Waals surface area contributed by atoms with Crippen molar-refractivity contribution < 1.29 is 17.9 Å². The molecule has 1 aromatic rings. The number of aromatic nitrogens is 1. The zero-order chi connectivity index (χ0) is 16.3. The molecule has 2 atom stereocenters. The molecule has 2 fully saturated rings. The van der Waals surface area contributed by atoms with Gasteiger partial charge < -0.3 is 9.64 Å². The van der Waals surface area contributed by atoms with Crippen molar-refractivity contribution >= 4 is 21.7 Å². The predicted molar refractivity (Wildman–Crippen MR) is 86.0 cm³/mol. The average Bonchev–Trinajstić information content (AvgIpc) is 3.15. The minimum atomic E-state index is -3.06. The Labute approximate surface area is 135 Å². The van der Waals surface area contributed by atoms with Gasteiger partial charge in [0.15, 0.2) is 9.84 Å². The first kappa shape index (κ1) is 16.2. The summed E-state index contributed by atoms with van der Waals surface area (Å²) in [7, 11) is -3.06. The van der Waals surface area contributed by atoms with Crippen LogP contribution in [0, 0.1) is 0 Å². The summed E-state index contributed by atoms with van der Waals surface area (Å²) in [5, 5.41) is 2.75. The lowest BCUT2D eigenvalue weighted by Crippen LogP contribution is -2.47. The molecule has 0 bridgehead atoms. The quantitative estimate of drug-likeness (QED) is 0.893. The van der Waals surface area contributed by atoms with Crippen LogP contribution in [0.4, 0.5) is 10.6 Å². The van der Waals surface area contributed by atoms with Gasteiger partial charge in [-0.15, -0.1) is 0 Å². The Bertz CT molecular complexity index is 644. The molecule has 1 N–H and O–H groups in total. The third-order valence-electron chi connectivity index (χ3n) is 4.23. The van der Waals surface area contributed by atoms with E-state index in [9.17, 15) is 13.2 Å². The molecule has 2 unspecified atom stereocenters. The summed E-state index contributed by atoms with van der Waals surface area (Å²) in [6.45, 7) is 1.11. The number of anilines is 1. The van der Waals surface area contributed by atoms with Crippen molar-refractivity contribution in [3.8, 4) is 0 Å². The molecule has 2 aliphatic rings. The second kappa shape index (κ2) is 6.84. The maximum Gasteiger partial charge on any atom is 0.323 e. The molecule has 0 radical (unpaired) electrons. The molecule has 1 aromatic heterocycles. The van der Waals surface area contributed by atoms with Crippen molar-refractivity contribution in [2.75, 3.05) is 30.0 Å². The SMILES string of the molecule is O=C(Nc1ccccn1)N(CC1CCCO1)C1CCS(=O)(=O)C1. The normalized spacial score (nSPS) is 26.1. The van der Waals surface area contributed by atoms with Gasteiger partial charge in [0.05, 0.1) is 17.6 Å². The summed E-state index contributed by atoms with van der Waals surface area (Å²) < 4.78 is 29.1. The molecule has 7 nitrogen and oxygen atoms in total. The molecule has 3 heterocycles. The molecule has 3 rings (SSSR count). The highest BCUT2D eigenvalue weighted by atomic mass is 32.2. The van der Waals surface area contributed by atoms with Gasteiger partial charge in [0, 0.05) is 25.4 Å². The third kappa shape index (κ3) is 4.20. The number of carbonyl (C=O) groups excluding carboxylic acids is 1. The van der Waals surface area contributed by atoms with Crippen LogP contribution in [0.2, 0.25) is 0 Å². The monoisotopic (exact) mass is 339 g/mol. The molecule has 0 aromatic carbocycles. The fourth-order valence-electron chi connectivity index (χ4n) is 3.04. The Morgan fingerprint density at radius 1 is 1.39 bits per heavy atom. The van der Waals surface area contributed by atoms with E-state index in [0.717, 1.165) is 12.8 Å². The fraction of sp³-hybridized carbons (Fsp3) is 0.600. The lowest BCUT2D eigenvalue weighted by atomic mass is 10.2. The van der Waals surface area contributed by atoms with Crippen molar-refractivity contribution in [2.45, 2.75) is 31.4 Å². The highest BCUT2D eigenvalue weighted by Gasteiger charge is 2.36. The van der Waals surface area contributed by atoms with E-state index in [-0.39, 0.29) is 29.7 Å². The van der Waals surface area contributed by atoms with Crippen LogP contribution in [0.3, 0.4) is 0 Å². The van der Waals surface area contributed by atoms with E-state index >= 15 is 0 Å². The highest BCUT2D eigenvalue weighted by Crippen LogP contribution is 2.22. The lowest BCUT2D eigenvalue weighted by Gasteiger charge is -2.30. The van der Waals surface area contributed by atoms with E-state index in [1.54, 1.807) is 29.3 Å². The van der Waals surface area contributed by atoms with Gasteiger partial charge in [-0.3, -0.25) is 5.32 Å². The number of hydrogen-bond acceptors (Lipinski definition) is 5. The van der Waals surface area contributed by atoms with Crippen LogP contribution in [-0.2, 0) is 14.6 Å². The number of urea groups is 1. The number of rotatable bonds is 4. The summed E-state index contributed by atoms with van der Waals surface area (Å²) in [6, 6.07) is 4.64. The van der Waals surface area contributed by atoms with Crippen LogP contribution >= 0.6 is 0 Å². The Balaban J connectivity index is 1.72. The van der Waals surface area contributed by atoms with Gasteiger partial charge in [-0.2, -0.15) is 0 Å². The number of ether oxygens (including phenoxy) is 1. The van der Waals surface area contributed by atoms with E-state index in [1.165, 1.54) is 0 Å². The largest absolute Gasteiger partial charge is 0.376 e. The van der Waals surface area contributed by atoms with Gasteiger partial charge in [-0.05, 0) is 31.4 Å². The van der Waals surface area contributed by atoms with E-state index in [4.69, 9.17) is 4.74 Å². The number of amides is 2. The molecule has 126 valence electrons. The number of sulfone groups is 1. The number of nitrogens with one attached hydrogen (secondary N) is 1. The van der Waals surface area contributed by atoms with Gasteiger partial charge in [-0.25, -0.2) is 18.2 Å². The maximum atomic E-state index is 12.6. The Morgan fingerprint density at radius 2 is 2.26 bits per heavy atom. The minimum absolute atomic E-state index is 0.0206. The van der Waals surface area contributed by atoms with E-state index in [0.29, 0.717) is 25.4 Å². The number of carbonyl (C=O) groups is 1. The molecule has 2 amide bonds. The van der Waals surface area contributed by atoms with Crippen LogP contribution in [0.25, 0.3) is 0 Å². The zero-order valence-corrected chi connectivity index (χ0v) is 13.7. The molecule has 0 saturated carbocycles. The van der Waals surface area contributed by atoms with Crippen LogP contribution in [0.5, 0.6) is 0 Å². The first-order valence-corrected chi connectivity index (χ1v) is 9.66. The molecule has 2 aliphatic heterocycles. The maximum absolute atomic E-state index is 12.6. The summed E-state index contributed by atoms with van der Waals surface area (Å²) >= 11 is 0. The standard InChI is InChI=1S/C15H21N3O4S/c19-15(17-14-5-1-2-7-16-14)18(10-13-4-3-8-22-13)12-6-9-23(20,21)11-12/h1-2,5,7,12-13H,3-4,6,8-11H2,(H,16,17,19). The van der Waals surface area contributed by atoms with Crippen molar-refractivity contribution in [2.24, 2.45) is 0 Å². The molecule has 0 spiro atoms. The van der Waals surface area contributed by atoms with Gasteiger partial charge >= 0.3 is 6.03 Å². The zero-order valence-electron chi connectivity index (χ0n) is 12.8. The molecule has 2 saturated heterocycles. The second-order valence-electron chi connectivity index (χ2n) is 5.99. The average molecular weight is 339 g/mol. The topological polar surface area (TPSA) is 88.6 Å². The third-order valence-corrected chi connectivity index (χ3v) is 5.98. The smallest absolute Gasteiger partial charge is 0.323 e. The van der Waals surface area contributed by atoms with E-state index in [1.807, 2.05) is 0 Å². The molecule has 23 heavy (non-hydrogen) atoms. The first-order valence-electron chi connectivity index (χ1n) is 7.84. The minimum Gasteiger partial charge on any atom is -0.376 e. The highest BCUT2D eigenvalue weighted by molar-refractivity contribution is 7.91. The summed E-state index contributed by atoms with van der Waals surface area (Å²) in [6.07, 6.45) is 3.92. The summed E-state index contributed by atoms with van der Waals surface area (Å²) in [5.74, 6) is 0.613. The van der Waals surface area contributed by atoms with Gasteiger partial charge in [0.2, 0.25) is 0 Å². The van der Waals surface area contributed by atoms with Crippen molar-refractivity contribution in [3.05, 3.63) is 24.4 Å². The van der Waals surface area contributed by atoms with Gasteiger partial charge in [0.1, 0.15) is 5.82 Å². The predicted octanol–water partition coefficient (Wildman–Crippen LogP) is 1.28. The van der Waals surface area contributed by atoms with Gasteiger partial charge in [-0.1, -0.05) is 6.07 Å². The van der Waals surface area contributed by atoms with Gasteiger partial charge in [0.25, 0.3) is 0 Å². The Morgan fingerprint density at radius 3 is 2.87 bits per heavy atom. The number of pyridine rings is 1. The lowest BCUT2D eigenvalue weighted by molar-refractivity contribution is 0.0750. The molecular formula is C15H21N3O4S. The number of hydrogen-bond donors (Lipinski definition) is 1. The van der Waals surface area contributed by atoms with E-state index in [2.05, 4.69) is 10.3 Å². The fourth-order valence-corrected chi connectivity index (χ4v) is 4.78. The van der Waals surface area contributed by atoms with Crippen molar-refractivity contribution in [3.63, 3.8) is 0 Å². The Hall–Kier alpha value is -1.67. The van der Waals surface area contributed by atoms with E-state index < -0.39 is 9.84 Å². The van der Waals surface area contributed by atoms with Crippen LogP contribution in [0.1, 0.15) is 19.3 Å². The van der Waals surface area contributed by atoms with Crippen LogP contribution in [0.15, 0.2) is 24.4 Å². The molecule has 0 aliphatic carbocycles. The summed E-state index contributed by atoms with van der Waals surface area (Å²) in [5.41, 5.74) is 0.